The van der Waals surface area contributed by atoms with Gasteiger partial charge in [0.05, 0.1) is 6.20 Å². The zero-order valence-corrected chi connectivity index (χ0v) is 13.3. The molecule has 108 valence electrons. The Morgan fingerprint density at radius 1 is 1.35 bits per heavy atom. The lowest BCUT2D eigenvalue weighted by Gasteiger charge is -2.13. The van der Waals surface area contributed by atoms with Crippen LogP contribution in [0.3, 0.4) is 0 Å². The highest BCUT2D eigenvalue weighted by Gasteiger charge is 2.20. The van der Waals surface area contributed by atoms with Gasteiger partial charge in [0.2, 0.25) is 0 Å². The van der Waals surface area contributed by atoms with Gasteiger partial charge in [0.15, 0.2) is 8.68 Å². The molecule has 0 fully saturated rings. The van der Waals surface area contributed by atoms with Crippen molar-refractivity contribution in [3.8, 4) is 0 Å². The maximum absolute atomic E-state index is 12.1. The molecule has 2 aromatic rings. The number of aromatic nitrogens is 1. The summed E-state index contributed by atoms with van der Waals surface area (Å²) in [6, 6.07) is 9.82. The summed E-state index contributed by atoms with van der Waals surface area (Å²) in [7, 11) is -3.52. The van der Waals surface area contributed by atoms with Gasteiger partial charge in [0.1, 0.15) is 0 Å². The van der Waals surface area contributed by atoms with Crippen molar-refractivity contribution in [3.63, 3.8) is 0 Å². The van der Waals surface area contributed by atoms with Gasteiger partial charge in [-0.05, 0) is 25.3 Å². The average molecular weight is 331 g/mol. The van der Waals surface area contributed by atoms with Crippen LogP contribution in [-0.2, 0) is 16.4 Å². The third-order valence-corrected chi connectivity index (χ3v) is 5.95. The Hall–Kier alpha value is -0.950. The zero-order chi connectivity index (χ0) is 14.6. The van der Waals surface area contributed by atoms with E-state index in [1.165, 1.54) is 11.8 Å². The van der Waals surface area contributed by atoms with E-state index in [9.17, 15) is 8.42 Å². The first-order valence-corrected chi connectivity index (χ1v) is 8.83. The Bertz CT molecular complexity index is 656. The molecule has 0 aliphatic rings. The first-order chi connectivity index (χ1) is 9.47. The molecule has 20 heavy (non-hydrogen) atoms. The zero-order valence-electron chi connectivity index (χ0n) is 10.9. The summed E-state index contributed by atoms with van der Waals surface area (Å²) in [6.07, 6.45) is 2.84. The van der Waals surface area contributed by atoms with Gasteiger partial charge in [-0.2, -0.15) is 0 Å². The molecule has 0 amide bonds. The van der Waals surface area contributed by atoms with Crippen molar-refractivity contribution in [3.05, 3.63) is 46.6 Å². The lowest BCUT2D eigenvalue weighted by atomic mass is 10.1. The number of halogens is 1. The number of hydrogen-bond donors (Lipinski definition) is 1. The molecule has 0 saturated heterocycles. The molecule has 0 bridgehead atoms. The smallest absolute Gasteiger partial charge is 0.232 e. The van der Waals surface area contributed by atoms with Crippen molar-refractivity contribution in [1.29, 1.82) is 0 Å². The van der Waals surface area contributed by atoms with Gasteiger partial charge in [-0.3, -0.25) is 0 Å². The average Bonchev–Trinajstić information content (AvgIpc) is 2.85. The second-order valence-corrected chi connectivity index (χ2v) is 8.03. The number of aryl methyl sites for hydroxylation is 1. The van der Waals surface area contributed by atoms with E-state index in [1.54, 1.807) is 0 Å². The molecule has 0 spiro atoms. The minimum atomic E-state index is -3.52. The SMILES string of the molecule is CC(CCc1ccccc1)NS(=O)(=O)c1cnc(Cl)s1. The maximum atomic E-state index is 12.1. The van der Waals surface area contributed by atoms with Gasteiger partial charge in [-0.25, -0.2) is 18.1 Å². The van der Waals surface area contributed by atoms with E-state index in [1.807, 2.05) is 37.3 Å². The van der Waals surface area contributed by atoms with E-state index < -0.39 is 10.0 Å². The van der Waals surface area contributed by atoms with E-state index in [0.29, 0.717) is 0 Å². The Kier molecular flexibility index (Phi) is 5.15. The second kappa shape index (κ2) is 6.67. The van der Waals surface area contributed by atoms with E-state index in [4.69, 9.17) is 11.6 Å². The summed E-state index contributed by atoms with van der Waals surface area (Å²) in [5.41, 5.74) is 1.19. The van der Waals surface area contributed by atoms with Gasteiger partial charge >= 0.3 is 0 Å². The number of sulfonamides is 1. The van der Waals surface area contributed by atoms with E-state index >= 15 is 0 Å². The molecule has 7 heteroatoms. The molecule has 0 saturated carbocycles. The van der Waals surface area contributed by atoms with Crippen LogP contribution in [-0.4, -0.2) is 19.4 Å². The molecule has 1 aromatic carbocycles. The van der Waals surface area contributed by atoms with Gasteiger partial charge < -0.3 is 0 Å². The van der Waals surface area contributed by atoms with Crippen LogP contribution in [0.15, 0.2) is 40.7 Å². The summed E-state index contributed by atoms with van der Waals surface area (Å²) < 4.78 is 27.1. The molecule has 0 aliphatic heterocycles. The Morgan fingerprint density at radius 2 is 2.05 bits per heavy atom. The lowest BCUT2D eigenvalue weighted by Crippen LogP contribution is -2.32. The fourth-order valence-corrected chi connectivity index (χ4v) is 4.36. The molecule has 4 nitrogen and oxygen atoms in total. The summed E-state index contributed by atoms with van der Waals surface area (Å²) in [5, 5.41) is 0. The molecular formula is C13H15ClN2O2S2. The Morgan fingerprint density at radius 3 is 2.65 bits per heavy atom. The first-order valence-electron chi connectivity index (χ1n) is 6.15. The summed E-state index contributed by atoms with van der Waals surface area (Å²) >= 11 is 6.61. The minimum Gasteiger partial charge on any atom is -0.232 e. The number of nitrogens with zero attached hydrogens (tertiary/aromatic N) is 1. The molecule has 2 rings (SSSR count). The lowest BCUT2D eigenvalue weighted by molar-refractivity contribution is 0.548. The third-order valence-electron chi connectivity index (χ3n) is 2.79. The third kappa shape index (κ3) is 4.28. The van der Waals surface area contributed by atoms with Crippen molar-refractivity contribution in [2.45, 2.75) is 30.0 Å². The molecule has 1 heterocycles. The van der Waals surface area contributed by atoms with Crippen LogP contribution in [0.4, 0.5) is 0 Å². The number of nitrogens with one attached hydrogen (secondary N) is 1. The highest BCUT2D eigenvalue weighted by molar-refractivity contribution is 7.91. The number of benzene rings is 1. The van der Waals surface area contributed by atoms with Crippen LogP contribution >= 0.6 is 22.9 Å². The van der Waals surface area contributed by atoms with Crippen molar-refractivity contribution >= 4 is 33.0 Å². The standard InChI is InChI=1S/C13H15ClN2O2S2/c1-10(7-8-11-5-3-2-4-6-11)16-20(17,18)12-9-15-13(14)19-12/h2-6,9-10,16H,7-8H2,1H3. The summed E-state index contributed by atoms with van der Waals surface area (Å²) in [6.45, 7) is 1.85. The number of thiazole rings is 1. The van der Waals surface area contributed by atoms with Crippen molar-refractivity contribution in [1.82, 2.24) is 9.71 Å². The summed E-state index contributed by atoms with van der Waals surface area (Å²) in [4.78, 5) is 3.75. The van der Waals surface area contributed by atoms with Gasteiger partial charge in [0, 0.05) is 6.04 Å². The Balaban J connectivity index is 1.92. The fraction of sp³-hybridized carbons (Fsp3) is 0.308. The van der Waals surface area contributed by atoms with E-state index in [0.717, 1.165) is 24.2 Å². The van der Waals surface area contributed by atoms with E-state index in [2.05, 4.69) is 9.71 Å². The monoisotopic (exact) mass is 330 g/mol. The highest BCUT2D eigenvalue weighted by atomic mass is 35.5. The molecule has 0 aliphatic carbocycles. The molecule has 0 radical (unpaired) electrons. The minimum absolute atomic E-state index is 0.147. The van der Waals surface area contributed by atoms with Crippen LogP contribution in [0.5, 0.6) is 0 Å². The first kappa shape index (κ1) is 15.4. The normalized spacial score (nSPS) is 13.3. The number of hydrogen-bond acceptors (Lipinski definition) is 4. The van der Waals surface area contributed by atoms with Gasteiger partial charge in [-0.1, -0.05) is 53.3 Å². The molecule has 1 N–H and O–H groups in total. The predicted molar refractivity (Wildman–Crippen MR) is 81.7 cm³/mol. The van der Waals surface area contributed by atoms with E-state index in [-0.39, 0.29) is 14.7 Å². The molecule has 1 atom stereocenters. The molecular weight excluding hydrogens is 316 g/mol. The number of rotatable bonds is 6. The van der Waals surface area contributed by atoms with Gasteiger partial charge in [0.25, 0.3) is 10.0 Å². The Labute approximate surface area is 127 Å². The van der Waals surface area contributed by atoms with Crippen LogP contribution in [0.25, 0.3) is 0 Å². The van der Waals surface area contributed by atoms with Crippen molar-refractivity contribution in [2.24, 2.45) is 0 Å². The van der Waals surface area contributed by atoms with Gasteiger partial charge in [-0.15, -0.1) is 0 Å². The predicted octanol–water partition coefficient (Wildman–Crippen LogP) is 3.10. The van der Waals surface area contributed by atoms with Crippen LogP contribution in [0, 0.1) is 0 Å². The van der Waals surface area contributed by atoms with Crippen molar-refractivity contribution < 1.29 is 8.42 Å². The van der Waals surface area contributed by atoms with Crippen molar-refractivity contribution in [2.75, 3.05) is 0 Å². The molecule has 1 aromatic heterocycles. The second-order valence-electron chi connectivity index (χ2n) is 4.48. The largest absolute Gasteiger partial charge is 0.251 e. The summed E-state index contributed by atoms with van der Waals surface area (Å²) in [5.74, 6) is 0. The maximum Gasteiger partial charge on any atom is 0.251 e. The highest BCUT2D eigenvalue weighted by Crippen LogP contribution is 2.22. The van der Waals surface area contributed by atoms with Crippen LogP contribution < -0.4 is 4.72 Å². The quantitative estimate of drug-likeness (QED) is 0.885. The molecule has 1 unspecified atom stereocenters. The fourth-order valence-electron chi connectivity index (χ4n) is 1.77. The van der Waals surface area contributed by atoms with Crippen LogP contribution in [0.1, 0.15) is 18.9 Å². The van der Waals surface area contributed by atoms with Crippen LogP contribution in [0.2, 0.25) is 4.47 Å². The topological polar surface area (TPSA) is 59.1 Å².